The molecule has 0 bridgehead atoms. The van der Waals surface area contributed by atoms with Gasteiger partial charge in [-0.15, -0.1) is 0 Å². The summed E-state index contributed by atoms with van der Waals surface area (Å²) in [6, 6.07) is 8.20. The van der Waals surface area contributed by atoms with Crippen LogP contribution in [0.25, 0.3) is 11.6 Å². The van der Waals surface area contributed by atoms with Crippen LogP contribution in [0.4, 0.5) is 22.0 Å². The molecule has 0 radical (unpaired) electrons. The summed E-state index contributed by atoms with van der Waals surface area (Å²) >= 11 is 0. The molecule has 0 aliphatic carbocycles. The van der Waals surface area contributed by atoms with Gasteiger partial charge in [0, 0.05) is 0 Å². The van der Waals surface area contributed by atoms with Crippen LogP contribution in [0.15, 0.2) is 42.5 Å². The number of methoxy groups -OCH3 is 1. The molecule has 2 nitrogen and oxygen atoms in total. The topological polar surface area (TPSA) is 26.3 Å². The monoisotopic (exact) mass is 354 g/mol. The van der Waals surface area contributed by atoms with E-state index >= 15 is 0 Å². The Hall–Kier alpha value is -2.96. The van der Waals surface area contributed by atoms with Gasteiger partial charge in [0.1, 0.15) is 0 Å². The fourth-order valence-corrected chi connectivity index (χ4v) is 2.02. The Balaban J connectivity index is 2.47. The molecule has 0 heterocycles. The van der Waals surface area contributed by atoms with Gasteiger partial charge < -0.3 is 4.74 Å². The van der Waals surface area contributed by atoms with Gasteiger partial charge >= 0.3 is 5.97 Å². The van der Waals surface area contributed by atoms with Crippen molar-refractivity contribution in [1.82, 2.24) is 0 Å². The first-order valence-electron chi connectivity index (χ1n) is 6.92. The maximum atomic E-state index is 13.6. The van der Waals surface area contributed by atoms with Crippen LogP contribution in [0.1, 0.15) is 11.1 Å². The molecule has 25 heavy (non-hydrogen) atoms. The highest BCUT2D eigenvalue weighted by Crippen LogP contribution is 2.24. The molecule has 0 aliphatic rings. The lowest BCUT2D eigenvalue weighted by Gasteiger charge is -2.05. The number of carbonyl (C=O) groups excluding carboxylic acids is 1. The summed E-state index contributed by atoms with van der Waals surface area (Å²) in [7, 11) is 1.15. The molecule has 130 valence electrons. The number of rotatable bonds is 4. The standard InChI is InChI=1S/C18H11F5O2/c1-25-18(24)11(10-6-3-2-4-7-10)8-5-9-12-13(19)15(21)17(23)16(22)14(12)20/h2-9H,1H3/b9-5+,11-8+. The van der Waals surface area contributed by atoms with Gasteiger partial charge in [0.05, 0.1) is 18.2 Å². The van der Waals surface area contributed by atoms with Crippen LogP contribution in [-0.2, 0) is 9.53 Å². The van der Waals surface area contributed by atoms with Crippen LogP contribution in [0.5, 0.6) is 0 Å². The smallest absolute Gasteiger partial charge is 0.338 e. The van der Waals surface area contributed by atoms with Crippen LogP contribution in [0.2, 0.25) is 0 Å². The van der Waals surface area contributed by atoms with E-state index in [4.69, 9.17) is 0 Å². The molecular formula is C18H11F5O2. The third-order valence-corrected chi connectivity index (χ3v) is 3.26. The predicted molar refractivity (Wildman–Crippen MR) is 81.7 cm³/mol. The van der Waals surface area contributed by atoms with Gasteiger partial charge in [-0.2, -0.15) is 0 Å². The Morgan fingerprint density at radius 3 is 1.92 bits per heavy atom. The molecule has 0 fully saturated rings. The van der Waals surface area contributed by atoms with E-state index in [1.54, 1.807) is 30.3 Å². The van der Waals surface area contributed by atoms with Gasteiger partial charge in [-0.3, -0.25) is 0 Å². The quantitative estimate of drug-likeness (QED) is 0.199. The van der Waals surface area contributed by atoms with E-state index in [1.807, 2.05) is 0 Å². The zero-order valence-electron chi connectivity index (χ0n) is 12.8. The minimum absolute atomic E-state index is 0.0446. The lowest BCUT2D eigenvalue weighted by molar-refractivity contribution is -0.133. The lowest BCUT2D eigenvalue weighted by atomic mass is 10.1. The van der Waals surface area contributed by atoms with E-state index in [9.17, 15) is 26.7 Å². The van der Waals surface area contributed by atoms with Gasteiger partial charge in [0.25, 0.3) is 0 Å². The van der Waals surface area contributed by atoms with E-state index < -0.39 is 40.6 Å². The Labute approximate surface area is 139 Å². The highest BCUT2D eigenvalue weighted by atomic mass is 19.2. The molecule has 0 amide bonds. The Morgan fingerprint density at radius 2 is 1.40 bits per heavy atom. The lowest BCUT2D eigenvalue weighted by Crippen LogP contribution is -2.04. The molecule has 2 aromatic rings. The second-order valence-electron chi connectivity index (χ2n) is 4.78. The molecule has 2 rings (SSSR count). The maximum Gasteiger partial charge on any atom is 0.338 e. The van der Waals surface area contributed by atoms with Crippen molar-refractivity contribution >= 4 is 17.6 Å². The molecule has 0 N–H and O–H groups in total. The maximum absolute atomic E-state index is 13.6. The Morgan fingerprint density at radius 1 is 0.880 bits per heavy atom. The molecule has 0 saturated carbocycles. The van der Waals surface area contributed by atoms with Crippen molar-refractivity contribution in [3.8, 4) is 0 Å². The van der Waals surface area contributed by atoms with Crippen molar-refractivity contribution in [2.75, 3.05) is 7.11 Å². The second kappa shape index (κ2) is 7.74. The summed E-state index contributed by atoms with van der Waals surface area (Å²) < 4.78 is 71.1. The van der Waals surface area contributed by atoms with E-state index in [0.717, 1.165) is 19.3 Å². The molecular weight excluding hydrogens is 343 g/mol. The highest BCUT2D eigenvalue weighted by molar-refractivity contribution is 6.16. The fraction of sp³-hybridized carbons (Fsp3) is 0.0556. The van der Waals surface area contributed by atoms with E-state index in [2.05, 4.69) is 4.74 Å². The SMILES string of the molecule is COC(=O)/C(=C/C=C/c1c(F)c(F)c(F)c(F)c1F)c1ccccc1. The second-order valence-corrected chi connectivity index (χ2v) is 4.78. The summed E-state index contributed by atoms with van der Waals surface area (Å²) in [6.45, 7) is 0. The third kappa shape index (κ3) is 3.76. The first-order valence-corrected chi connectivity index (χ1v) is 6.92. The highest BCUT2D eigenvalue weighted by Gasteiger charge is 2.24. The predicted octanol–water partition coefficient (Wildman–Crippen LogP) is 4.65. The van der Waals surface area contributed by atoms with Crippen LogP contribution in [0, 0.1) is 29.1 Å². The number of halogens is 5. The average molecular weight is 354 g/mol. The van der Waals surface area contributed by atoms with Crippen molar-refractivity contribution in [2.24, 2.45) is 0 Å². The summed E-state index contributed by atoms with van der Waals surface area (Å²) in [5.41, 5.74) is -0.607. The molecule has 0 aliphatic heterocycles. The fourth-order valence-electron chi connectivity index (χ4n) is 2.02. The Kier molecular flexibility index (Phi) is 5.69. The number of ether oxygens (including phenoxy) is 1. The first-order chi connectivity index (χ1) is 11.9. The van der Waals surface area contributed by atoms with E-state index in [0.29, 0.717) is 11.6 Å². The summed E-state index contributed by atoms with van der Waals surface area (Å²) in [5, 5.41) is 0. The molecule has 7 heteroatoms. The Bertz CT molecular complexity index is 829. The van der Waals surface area contributed by atoms with Crippen LogP contribution in [0.3, 0.4) is 0 Å². The van der Waals surface area contributed by atoms with Crippen molar-refractivity contribution in [1.29, 1.82) is 0 Å². The van der Waals surface area contributed by atoms with E-state index in [1.165, 1.54) is 0 Å². The minimum Gasteiger partial charge on any atom is -0.465 e. The summed E-state index contributed by atoms with van der Waals surface area (Å²) in [6.07, 6.45) is 2.83. The zero-order chi connectivity index (χ0) is 18.6. The van der Waals surface area contributed by atoms with Crippen LogP contribution < -0.4 is 0 Å². The van der Waals surface area contributed by atoms with Crippen molar-refractivity contribution in [3.05, 3.63) is 82.7 Å². The van der Waals surface area contributed by atoms with Crippen LogP contribution in [-0.4, -0.2) is 13.1 Å². The van der Waals surface area contributed by atoms with Gasteiger partial charge in [0.2, 0.25) is 5.82 Å². The third-order valence-electron chi connectivity index (χ3n) is 3.26. The zero-order valence-corrected chi connectivity index (χ0v) is 12.8. The molecule has 0 spiro atoms. The van der Waals surface area contributed by atoms with E-state index in [-0.39, 0.29) is 5.57 Å². The molecule has 0 unspecified atom stereocenters. The number of benzene rings is 2. The van der Waals surface area contributed by atoms with Crippen molar-refractivity contribution < 1.29 is 31.5 Å². The van der Waals surface area contributed by atoms with Gasteiger partial charge in [-0.1, -0.05) is 36.4 Å². The normalized spacial score (nSPS) is 11.8. The summed E-state index contributed by atoms with van der Waals surface area (Å²) in [4.78, 5) is 11.8. The molecule has 2 aromatic carbocycles. The number of esters is 1. The number of allylic oxidation sites excluding steroid dienone is 2. The number of carbonyl (C=O) groups is 1. The minimum atomic E-state index is -2.23. The number of hydrogen-bond acceptors (Lipinski definition) is 2. The molecule has 0 saturated heterocycles. The first kappa shape index (κ1) is 18.4. The largest absolute Gasteiger partial charge is 0.465 e. The average Bonchev–Trinajstić information content (AvgIpc) is 2.64. The number of hydrogen-bond donors (Lipinski definition) is 0. The van der Waals surface area contributed by atoms with Gasteiger partial charge in [0.15, 0.2) is 23.3 Å². The van der Waals surface area contributed by atoms with Crippen molar-refractivity contribution in [2.45, 2.75) is 0 Å². The van der Waals surface area contributed by atoms with Gasteiger partial charge in [-0.25, -0.2) is 26.7 Å². The molecule has 0 aromatic heterocycles. The van der Waals surface area contributed by atoms with Crippen LogP contribution >= 0.6 is 0 Å². The summed E-state index contributed by atoms with van der Waals surface area (Å²) in [5.74, 6) is -11.0. The van der Waals surface area contributed by atoms with Crippen molar-refractivity contribution in [3.63, 3.8) is 0 Å². The molecule has 0 atom stereocenters. The van der Waals surface area contributed by atoms with Gasteiger partial charge in [-0.05, 0) is 17.7 Å².